The van der Waals surface area contributed by atoms with Crippen molar-refractivity contribution < 1.29 is 4.74 Å². The first-order valence-corrected chi connectivity index (χ1v) is 10.00. The van der Waals surface area contributed by atoms with E-state index in [-0.39, 0.29) is 0 Å². The zero-order chi connectivity index (χ0) is 18.8. The average Bonchev–Trinajstić information content (AvgIpc) is 3.08. The van der Waals surface area contributed by atoms with Crippen LogP contribution in [-0.2, 0) is 18.3 Å². The highest BCUT2D eigenvalue weighted by Gasteiger charge is 2.26. The molecule has 0 aromatic carbocycles. The van der Waals surface area contributed by atoms with Crippen LogP contribution in [0.5, 0.6) is 0 Å². The number of aryl methyl sites for hydroxylation is 1. The van der Waals surface area contributed by atoms with E-state index in [1.807, 2.05) is 24.0 Å². The Morgan fingerprint density at radius 3 is 2.54 bits per heavy atom. The Balaban J connectivity index is 2.00. The van der Waals surface area contributed by atoms with Gasteiger partial charge in [0.15, 0.2) is 5.96 Å². The molecule has 2 N–H and O–H groups in total. The standard InChI is InChI=1S/C19H36N6O/c1-5-16(6-2)18(25-10-12-26-13-11-25)15-22-19(20-7-3)21-14-17-8-9-23-24(17)4/h8-9,16,18H,5-7,10-15H2,1-4H3,(H2,20,21,22). The molecule has 7 nitrogen and oxygen atoms in total. The highest BCUT2D eigenvalue weighted by atomic mass is 16.5. The molecule has 0 aliphatic carbocycles. The van der Waals surface area contributed by atoms with Crippen molar-refractivity contribution in [3.05, 3.63) is 18.0 Å². The molecule has 1 atom stereocenters. The molecule has 0 saturated carbocycles. The summed E-state index contributed by atoms with van der Waals surface area (Å²) in [6.45, 7) is 12.8. The van der Waals surface area contributed by atoms with Crippen molar-refractivity contribution in [2.24, 2.45) is 18.0 Å². The van der Waals surface area contributed by atoms with Crippen LogP contribution in [-0.4, -0.2) is 66.1 Å². The van der Waals surface area contributed by atoms with Crippen molar-refractivity contribution in [3.63, 3.8) is 0 Å². The highest BCUT2D eigenvalue weighted by molar-refractivity contribution is 5.79. The van der Waals surface area contributed by atoms with E-state index in [1.54, 1.807) is 0 Å². The van der Waals surface area contributed by atoms with Crippen molar-refractivity contribution in [2.45, 2.75) is 46.2 Å². The number of hydrogen-bond donors (Lipinski definition) is 2. The average molecular weight is 365 g/mol. The summed E-state index contributed by atoms with van der Waals surface area (Å²) in [5.74, 6) is 1.55. The SMILES string of the molecule is CCNC(=NCc1ccnn1C)NCC(C(CC)CC)N1CCOCC1. The largest absolute Gasteiger partial charge is 0.379 e. The van der Waals surface area contributed by atoms with Crippen molar-refractivity contribution in [1.82, 2.24) is 25.3 Å². The Morgan fingerprint density at radius 2 is 1.96 bits per heavy atom. The number of nitrogens with one attached hydrogen (secondary N) is 2. The Morgan fingerprint density at radius 1 is 1.23 bits per heavy atom. The van der Waals surface area contributed by atoms with Gasteiger partial charge in [-0.2, -0.15) is 5.10 Å². The normalized spacial score (nSPS) is 17.5. The van der Waals surface area contributed by atoms with Gasteiger partial charge in [-0.05, 0) is 18.9 Å². The second kappa shape index (κ2) is 11.2. The number of guanidine groups is 1. The van der Waals surface area contributed by atoms with Gasteiger partial charge in [0.05, 0.1) is 25.5 Å². The van der Waals surface area contributed by atoms with Gasteiger partial charge in [-0.15, -0.1) is 0 Å². The van der Waals surface area contributed by atoms with Crippen LogP contribution in [0.1, 0.15) is 39.3 Å². The topological polar surface area (TPSA) is 66.7 Å². The fourth-order valence-electron chi connectivity index (χ4n) is 3.60. The molecule has 1 aromatic rings. The maximum Gasteiger partial charge on any atom is 0.191 e. The Hall–Kier alpha value is -1.60. The lowest BCUT2D eigenvalue weighted by atomic mass is 9.92. The monoisotopic (exact) mass is 364 g/mol. The summed E-state index contributed by atoms with van der Waals surface area (Å²) in [5.41, 5.74) is 1.10. The van der Waals surface area contributed by atoms with Crippen LogP contribution in [0, 0.1) is 5.92 Å². The molecule has 2 heterocycles. The van der Waals surface area contributed by atoms with E-state index >= 15 is 0 Å². The van der Waals surface area contributed by atoms with Gasteiger partial charge in [0.2, 0.25) is 0 Å². The summed E-state index contributed by atoms with van der Waals surface area (Å²) in [6, 6.07) is 2.52. The van der Waals surface area contributed by atoms with Crippen LogP contribution in [0.15, 0.2) is 17.3 Å². The first kappa shape index (κ1) is 20.7. The molecule has 0 amide bonds. The third-order valence-electron chi connectivity index (χ3n) is 5.25. The molecule has 0 spiro atoms. The Bertz CT molecular complexity index is 534. The van der Waals surface area contributed by atoms with Crippen molar-refractivity contribution in [1.29, 1.82) is 0 Å². The van der Waals surface area contributed by atoms with Crippen LogP contribution in [0.4, 0.5) is 0 Å². The first-order valence-electron chi connectivity index (χ1n) is 10.00. The molecule has 148 valence electrons. The summed E-state index contributed by atoms with van der Waals surface area (Å²) in [4.78, 5) is 7.32. The molecule has 1 aliphatic rings. The quantitative estimate of drug-likeness (QED) is 0.515. The fraction of sp³-hybridized carbons (Fsp3) is 0.789. The van der Waals surface area contributed by atoms with Crippen LogP contribution in [0.3, 0.4) is 0 Å². The van der Waals surface area contributed by atoms with E-state index in [0.29, 0.717) is 18.5 Å². The summed E-state index contributed by atoms with van der Waals surface area (Å²) in [6.07, 6.45) is 4.21. The van der Waals surface area contributed by atoms with E-state index in [2.05, 4.69) is 41.4 Å². The number of morpholine rings is 1. The summed E-state index contributed by atoms with van der Waals surface area (Å²) >= 11 is 0. The molecule has 2 rings (SSSR count). The predicted molar refractivity (Wildman–Crippen MR) is 106 cm³/mol. The minimum absolute atomic E-state index is 0.509. The van der Waals surface area contributed by atoms with Crippen LogP contribution in [0.2, 0.25) is 0 Å². The molecular formula is C19H36N6O. The predicted octanol–water partition coefficient (Wildman–Crippen LogP) is 1.61. The van der Waals surface area contributed by atoms with Gasteiger partial charge in [-0.3, -0.25) is 9.58 Å². The van der Waals surface area contributed by atoms with Crippen molar-refractivity contribution >= 4 is 5.96 Å². The molecule has 1 unspecified atom stereocenters. The minimum atomic E-state index is 0.509. The van der Waals surface area contributed by atoms with E-state index in [1.165, 1.54) is 12.8 Å². The van der Waals surface area contributed by atoms with Crippen molar-refractivity contribution in [2.75, 3.05) is 39.4 Å². The van der Waals surface area contributed by atoms with E-state index in [4.69, 9.17) is 9.73 Å². The van der Waals surface area contributed by atoms with Gasteiger partial charge in [0, 0.05) is 45.5 Å². The lowest BCUT2D eigenvalue weighted by Crippen LogP contribution is -2.53. The summed E-state index contributed by atoms with van der Waals surface area (Å²) in [7, 11) is 1.95. The number of rotatable bonds is 9. The summed E-state index contributed by atoms with van der Waals surface area (Å²) < 4.78 is 7.41. The number of ether oxygens (including phenoxy) is 1. The van der Waals surface area contributed by atoms with Gasteiger partial charge >= 0.3 is 0 Å². The molecule has 1 saturated heterocycles. The second-order valence-electron chi connectivity index (χ2n) is 6.81. The lowest BCUT2D eigenvalue weighted by Gasteiger charge is -2.39. The molecular weight excluding hydrogens is 328 g/mol. The zero-order valence-corrected chi connectivity index (χ0v) is 16.9. The molecule has 1 aromatic heterocycles. The molecule has 7 heteroatoms. The Labute approximate surface area is 158 Å². The fourth-order valence-corrected chi connectivity index (χ4v) is 3.60. The van der Waals surface area contributed by atoms with Gasteiger partial charge < -0.3 is 15.4 Å². The molecule has 0 radical (unpaired) electrons. The lowest BCUT2D eigenvalue weighted by molar-refractivity contribution is 0.00272. The Kier molecular flexibility index (Phi) is 8.91. The summed E-state index contributed by atoms with van der Waals surface area (Å²) in [5, 5.41) is 11.1. The number of aromatic nitrogens is 2. The molecule has 1 aliphatic heterocycles. The van der Waals surface area contributed by atoms with Crippen LogP contribution < -0.4 is 10.6 Å². The zero-order valence-electron chi connectivity index (χ0n) is 16.9. The third kappa shape index (κ3) is 5.99. The molecule has 1 fully saturated rings. The van der Waals surface area contributed by atoms with Crippen LogP contribution in [0.25, 0.3) is 0 Å². The van der Waals surface area contributed by atoms with Gasteiger partial charge in [0.1, 0.15) is 0 Å². The number of aliphatic imine (C=N–C) groups is 1. The maximum atomic E-state index is 5.55. The van der Waals surface area contributed by atoms with E-state index in [9.17, 15) is 0 Å². The van der Waals surface area contributed by atoms with Gasteiger partial charge in [0.25, 0.3) is 0 Å². The van der Waals surface area contributed by atoms with Crippen molar-refractivity contribution in [3.8, 4) is 0 Å². The molecule has 26 heavy (non-hydrogen) atoms. The van der Waals surface area contributed by atoms with Gasteiger partial charge in [-0.25, -0.2) is 4.99 Å². The maximum absolute atomic E-state index is 5.55. The first-order chi connectivity index (χ1) is 12.7. The smallest absolute Gasteiger partial charge is 0.191 e. The van der Waals surface area contributed by atoms with Gasteiger partial charge in [-0.1, -0.05) is 26.7 Å². The minimum Gasteiger partial charge on any atom is -0.379 e. The van der Waals surface area contributed by atoms with E-state index in [0.717, 1.165) is 51.0 Å². The second-order valence-corrected chi connectivity index (χ2v) is 6.81. The number of hydrogen-bond acceptors (Lipinski definition) is 4. The highest BCUT2D eigenvalue weighted by Crippen LogP contribution is 2.19. The van der Waals surface area contributed by atoms with E-state index < -0.39 is 0 Å². The third-order valence-corrected chi connectivity index (χ3v) is 5.25. The number of nitrogens with zero attached hydrogens (tertiary/aromatic N) is 4. The molecule has 0 bridgehead atoms. The van der Waals surface area contributed by atoms with Crippen LogP contribution >= 0.6 is 0 Å².